The summed E-state index contributed by atoms with van der Waals surface area (Å²) in [7, 11) is -1.13. The first kappa shape index (κ1) is 28.0. The van der Waals surface area contributed by atoms with Gasteiger partial charge in [-0.15, -0.1) is 0 Å². The van der Waals surface area contributed by atoms with Gasteiger partial charge >= 0.3 is 0 Å². The molecule has 1 N–H and O–H groups in total. The Bertz CT molecular complexity index is 1440. The third-order valence-electron chi connectivity index (χ3n) is 6.58. The van der Waals surface area contributed by atoms with Gasteiger partial charge in [0, 0.05) is 32.1 Å². The smallest absolute Gasteiger partial charge is 0.264 e. The fourth-order valence-electron chi connectivity index (χ4n) is 4.45. The van der Waals surface area contributed by atoms with E-state index in [4.69, 9.17) is 9.47 Å². The van der Waals surface area contributed by atoms with Gasteiger partial charge in [-0.1, -0.05) is 42.0 Å². The molecule has 39 heavy (non-hydrogen) atoms. The van der Waals surface area contributed by atoms with Crippen LogP contribution >= 0.6 is 0 Å². The number of hydrogen-bond acceptors (Lipinski definition) is 6. The topological polar surface area (TPSA) is 105 Å². The Morgan fingerprint density at radius 1 is 0.974 bits per heavy atom. The lowest BCUT2D eigenvalue weighted by atomic mass is 10.1. The van der Waals surface area contributed by atoms with Crippen LogP contribution in [0.4, 0.5) is 5.69 Å². The number of benzene rings is 3. The lowest BCUT2D eigenvalue weighted by molar-refractivity contribution is -0.128. The van der Waals surface area contributed by atoms with E-state index in [1.54, 1.807) is 24.3 Å². The van der Waals surface area contributed by atoms with Crippen LogP contribution in [-0.4, -0.2) is 52.4 Å². The zero-order chi connectivity index (χ0) is 28.0. The summed E-state index contributed by atoms with van der Waals surface area (Å²) in [5, 5.41) is 2.83. The molecule has 4 rings (SSSR count). The lowest BCUT2D eigenvalue weighted by Crippen LogP contribution is -2.40. The summed E-state index contributed by atoms with van der Waals surface area (Å²) in [6, 6.07) is 18.8. The molecule has 0 aliphatic carbocycles. The van der Waals surface area contributed by atoms with Crippen LogP contribution in [0, 0.1) is 6.92 Å². The van der Waals surface area contributed by atoms with Gasteiger partial charge in [0.25, 0.3) is 10.0 Å². The minimum atomic E-state index is -4.08. The first-order valence-electron chi connectivity index (χ1n) is 12.6. The molecule has 10 heteroatoms. The highest BCUT2D eigenvalue weighted by Crippen LogP contribution is 2.33. The standard InChI is InChI=1S/C29H33N3O6S/c1-21-9-12-25(13-10-21)39(35,36)32(24-11-14-26(37-2)27(17-24)38-3)20-28(33)30-18-22-6-4-7-23(16-22)19-31-15-5-8-29(31)34/h4,6-7,9-14,16-17H,5,8,15,18-20H2,1-3H3,(H,30,33). The molecule has 0 unspecified atom stereocenters. The number of carbonyl (C=O) groups is 2. The average Bonchev–Trinajstić information content (AvgIpc) is 3.34. The molecule has 1 aliphatic rings. The lowest BCUT2D eigenvalue weighted by Gasteiger charge is -2.25. The molecule has 1 heterocycles. The summed E-state index contributed by atoms with van der Waals surface area (Å²) in [6.45, 7) is 2.93. The molecule has 2 amide bonds. The van der Waals surface area contributed by atoms with Crippen molar-refractivity contribution in [1.82, 2.24) is 10.2 Å². The number of nitrogens with zero attached hydrogens (tertiary/aromatic N) is 2. The Morgan fingerprint density at radius 2 is 1.69 bits per heavy atom. The van der Waals surface area contributed by atoms with Gasteiger partial charge in [-0.2, -0.15) is 0 Å². The first-order chi connectivity index (χ1) is 18.7. The number of methoxy groups -OCH3 is 2. The fourth-order valence-corrected chi connectivity index (χ4v) is 5.86. The maximum atomic E-state index is 13.7. The van der Waals surface area contributed by atoms with E-state index >= 15 is 0 Å². The summed E-state index contributed by atoms with van der Waals surface area (Å²) in [5.74, 6) is 0.459. The minimum Gasteiger partial charge on any atom is -0.493 e. The van der Waals surface area contributed by atoms with E-state index in [1.165, 1.54) is 32.4 Å². The van der Waals surface area contributed by atoms with Crippen molar-refractivity contribution in [2.45, 2.75) is 37.8 Å². The van der Waals surface area contributed by atoms with E-state index in [0.717, 1.165) is 34.0 Å². The van der Waals surface area contributed by atoms with Crippen LogP contribution in [0.2, 0.25) is 0 Å². The first-order valence-corrected chi connectivity index (χ1v) is 14.1. The molecule has 0 aromatic heterocycles. The van der Waals surface area contributed by atoms with Crippen LogP contribution in [0.5, 0.6) is 11.5 Å². The average molecular weight is 552 g/mol. The van der Waals surface area contributed by atoms with Gasteiger partial charge in [-0.05, 0) is 48.7 Å². The van der Waals surface area contributed by atoms with Crippen LogP contribution in [0.25, 0.3) is 0 Å². The number of aryl methyl sites for hydroxylation is 1. The molecule has 1 fully saturated rings. The number of hydrogen-bond donors (Lipinski definition) is 1. The highest BCUT2D eigenvalue weighted by molar-refractivity contribution is 7.92. The molecule has 0 spiro atoms. The molecule has 1 aliphatic heterocycles. The van der Waals surface area contributed by atoms with Gasteiger partial charge in [0.2, 0.25) is 11.8 Å². The summed E-state index contributed by atoms with van der Waals surface area (Å²) < 4.78 is 39.1. The Hall–Kier alpha value is -4.05. The van der Waals surface area contributed by atoms with E-state index < -0.39 is 22.5 Å². The fraction of sp³-hybridized carbons (Fsp3) is 0.310. The van der Waals surface area contributed by atoms with E-state index in [0.29, 0.717) is 24.5 Å². The quantitative estimate of drug-likeness (QED) is 0.390. The van der Waals surface area contributed by atoms with Crippen molar-refractivity contribution in [3.05, 3.63) is 83.4 Å². The molecule has 0 saturated carbocycles. The third-order valence-corrected chi connectivity index (χ3v) is 8.37. The van der Waals surface area contributed by atoms with Gasteiger partial charge in [-0.25, -0.2) is 8.42 Å². The van der Waals surface area contributed by atoms with E-state index in [9.17, 15) is 18.0 Å². The van der Waals surface area contributed by atoms with E-state index in [-0.39, 0.29) is 23.0 Å². The van der Waals surface area contributed by atoms with E-state index in [1.807, 2.05) is 36.1 Å². The largest absolute Gasteiger partial charge is 0.493 e. The third kappa shape index (κ3) is 6.69. The Labute approximate surface area is 229 Å². The summed E-state index contributed by atoms with van der Waals surface area (Å²) in [4.78, 5) is 27.0. The normalized spacial score (nSPS) is 13.3. The van der Waals surface area contributed by atoms with Crippen molar-refractivity contribution >= 4 is 27.5 Å². The number of carbonyl (C=O) groups excluding carboxylic acids is 2. The second-order valence-corrected chi connectivity index (χ2v) is 11.2. The highest BCUT2D eigenvalue weighted by Gasteiger charge is 2.28. The van der Waals surface area contributed by atoms with Crippen molar-refractivity contribution in [2.75, 3.05) is 31.6 Å². The molecule has 0 radical (unpaired) electrons. The molecule has 3 aromatic rings. The maximum absolute atomic E-state index is 13.7. The highest BCUT2D eigenvalue weighted by atomic mass is 32.2. The summed E-state index contributed by atoms with van der Waals surface area (Å²) in [5.41, 5.74) is 3.01. The number of sulfonamides is 1. The molecule has 0 bridgehead atoms. The van der Waals surface area contributed by atoms with Gasteiger partial charge in [0.1, 0.15) is 6.54 Å². The Balaban J connectivity index is 1.53. The van der Waals surface area contributed by atoms with E-state index in [2.05, 4.69) is 5.32 Å². The van der Waals surface area contributed by atoms with Crippen molar-refractivity contribution in [2.24, 2.45) is 0 Å². The van der Waals surface area contributed by atoms with Gasteiger partial charge < -0.3 is 19.7 Å². The zero-order valence-electron chi connectivity index (χ0n) is 22.3. The van der Waals surface area contributed by atoms with Crippen LogP contribution in [0.3, 0.4) is 0 Å². The maximum Gasteiger partial charge on any atom is 0.264 e. The number of rotatable bonds is 11. The number of likely N-dealkylation sites (tertiary alicyclic amines) is 1. The monoisotopic (exact) mass is 551 g/mol. The number of nitrogens with one attached hydrogen (secondary N) is 1. The molecule has 0 atom stereocenters. The molecular weight excluding hydrogens is 518 g/mol. The summed E-state index contributed by atoms with van der Waals surface area (Å²) in [6.07, 6.45) is 1.45. The molecule has 206 valence electrons. The van der Waals surface area contributed by atoms with Crippen molar-refractivity contribution in [3.8, 4) is 11.5 Å². The van der Waals surface area contributed by atoms with Gasteiger partial charge in [-0.3, -0.25) is 13.9 Å². The van der Waals surface area contributed by atoms with Gasteiger partial charge in [0.15, 0.2) is 11.5 Å². The predicted molar refractivity (Wildman–Crippen MR) is 148 cm³/mol. The molecule has 3 aromatic carbocycles. The summed E-state index contributed by atoms with van der Waals surface area (Å²) >= 11 is 0. The number of anilines is 1. The molecule has 9 nitrogen and oxygen atoms in total. The number of ether oxygens (including phenoxy) is 2. The molecule has 1 saturated heterocycles. The Kier molecular flexibility index (Phi) is 8.75. The second-order valence-electron chi connectivity index (χ2n) is 9.38. The SMILES string of the molecule is COc1ccc(N(CC(=O)NCc2cccc(CN3CCCC3=O)c2)S(=O)(=O)c2ccc(C)cc2)cc1OC. The number of amides is 2. The predicted octanol–water partition coefficient (Wildman–Crippen LogP) is 3.65. The van der Waals surface area contributed by atoms with Gasteiger partial charge in [0.05, 0.1) is 24.8 Å². The van der Waals surface area contributed by atoms with Crippen molar-refractivity contribution in [3.63, 3.8) is 0 Å². The van der Waals surface area contributed by atoms with Crippen LogP contribution < -0.4 is 19.1 Å². The minimum absolute atomic E-state index is 0.0693. The van der Waals surface area contributed by atoms with Crippen LogP contribution in [0.15, 0.2) is 71.6 Å². The van der Waals surface area contributed by atoms with Crippen LogP contribution in [0.1, 0.15) is 29.5 Å². The van der Waals surface area contributed by atoms with Crippen LogP contribution in [-0.2, 0) is 32.7 Å². The van der Waals surface area contributed by atoms with Crippen molar-refractivity contribution < 1.29 is 27.5 Å². The van der Waals surface area contributed by atoms with Crippen molar-refractivity contribution in [1.29, 1.82) is 0 Å². The molecular formula is C29H33N3O6S. The second kappa shape index (κ2) is 12.2. The Morgan fingerprint density at radius 3 is 2.36 bits per heavy atom. The zero-order valence-corrected chi connectivity index (χ0v) is 23.2.